The molecule has 0 aliphatic rings. The van der Waals surface area contributed by atoms with Crippen molar-refractivity contribution in [3.8, 4) is 0 Å². The molecule has 1 amide bonds. The Hall–Kier alpha value is -1.78. The molecule has 1 rings (SSSR count). The fraction of sp³-hybridized carbons (Fsp3) is 0.500. The Bertz CT molecular complexity index is 347. The predicted molar refractivity (Wildman–Crippen MR) is 67.0 cm³/mol. The van der Waals surface area contributed by atoms with Crippen molar-refractivity contribution in [2.24, 2.45) is 0 Å². The minimum absolute atomic E-state index is 0.402. The van der Waals surface area contributed by atoms with Crippen LogP contribution in [0.5, 0.6) is 0 Å². The van der Waals surface area contributed by atoms with Crippen molar-refractivity contribution in [2.75, 3.05) is 18.4 Å². The molecule has 5 heteroatoms. The lowest BCUT2D eigenvalue weighted by Crippen LogP contribution is -2.35. The summed E-state index contributed by atoms with van der Waals surface area (Å²) in [4.78, 5) is 15.4. The van der Waals surface area contributed by atoms with Crippen LogP contribution in [0.4, 0.5) is 10.6 Å². The molecule has 0 atom stereocenters. The second-order valence-electron chi connectivity index (χ2n) is 4.57. The van der Waals surface area contributed by atoms with Crippen LogP contribution in [0.2, 0.25) is 0 Å². The van der Waals surface area contributed by atoms with E-state index >= 15 is 0 Å². The number of carbonyl (C=O) groups excluding carboxylic acids is 1. The number of ether oxygens (including phenoxy) is 1. The van der Waals surface area contributed by atoms with E-state index in [1.165, 1.54) is 0 Å². The molecule has 94 valence electrons. The maximum Gasteiger partial charge on any atom is 0.407 e. The van der Waals surface area contributed by atoms with Gasteiger partial charge in [-0.3, -0.25) is 0 Å². The minimum Gasteiger partial charge on any atom is -0.444 e. The lowest BCUT2D eigenvalue weighted by molar-refractivity contribution is 0.0530. The maximum absolute atomic E-state index is 11.3. The van der Waals surface area contributed by atoms with Crippen molar-refractivity contribution in [3.63, 3.8) is 0 Å². The number of alkyl carbamates (subject to hydrolysis) is 1. The Morgan fingerprint density at radius 3 is 2.71 bits per heavy atom. The fourth-order valence-corrected chi connectivity index (χ4v) is 1.14. The van der Waals surface area contributed by atoms with Gasteiger partial charge in [0.2, 0.25) is 0 Å². The van der Waals surface area contributed by atoms with Gasteiger partial charge in [0.25, 0.3) is 0 Å². The summed E-state index contributed by atoms with van der Waals surface area (Å²) in [7, 11) is 0. The highest BCUT2D eigenvalue weighted by molar-refractivity contribution is 5.67. The first-order chi connectivity index (χ1) is 7.97. The Labute approximate surface area is 102 Å². The molecule has 0 saturated carbocycles. The Morgan fingerprint density at radius 1 is 1.35 bits per heavy atom. The van der Waals surface area contributed by atoms with Gasteiger partial charge in [-0.25, -0.2) is 9.78 Å². The average Bonchev–Trinajstić information content (AvgIpc) is 2.23. The number of pyridine rings is 1. The zero-order chi connectivity index (χ0) is 12.7. The van der Waals surface area contributed by atoms with Gasteiger partial charge in [-0.15, -0.1) is 0 Å². The van der Waals surface area contributed by atoms with E-state index in [-0.39, 0.29) is 0 Å². The van der Waals surface area contributed by atoms with E-state index in [0.29, 0.717) is 13.1 Å². The van der Waals surface area contributed by atoms with Gasteiger partial charge in [0.15, 0.2) is 0 Å². The highest BCUT2D eigenvalue weighted by atomic mass is 16.6. The summed E-state index contributed by atoms with van der Waals surface area (Å²) in [6.07, 6.45) is 1.31. The van der Waals surface area contributed by atoms with Crippen molar-refractivity contribution in [1.29, 1.82) is 0 Å². The summed E-state index contributed by atoms with van der Waals surface area (Å²) in [5, 5.41) is 5.74. The highest BCUT2D eigenvalue weighted by Gasteiger charge is 2.15. The molecule has 0 radical (unpaired) electrons. The molecule has 0 spiro atoms. The van der Waals surface area contributed by atoms with E-state index < -0.39 is 11.7 Å². The van der Waals surface area contributed by atoms with E-state index in [2.05, 4.69) is 15.6 Å². The molecule has 1 heterocycles. The highest BCUT2D eigenvalue weighted by Crippen LogP contribution is 2.06. The molecule has 17 heavy (non-hydrogen) atoms. The largest absolute Gasteiger partial charge is 0.444 e. The third-order valence-corrected chi connectivity index (χ3v) is 1.76. The molecule has 0 aromatic carbocycles. The lowest BCUT2D eigenvalue weighted by atomic mass is 10.2. The molecule has 0 unspecified atom stereocenters. The predicted octanol–water partition coefficient (Wildman–Crippen LogP) is 2.02. The number of anilines is 1. The molecule has 0 aliphatic carbocycles. The molecule has 1 aromatic rings. The zero-order valence-corrected chi connectivity index (χ0v) is 10.5. The van der Waals surface area contributed by atoms with Gasteiger partial charge in [-0.2, -0.15) is 0 Å². The summed E-state index contributed by atoms with van der Waals surface area (Å²) in [6.45, 7) is 6.60. The SMILES string of the molecule is CC(C)(C)OC(=O)NCCNc1ccccn1. The molecule has 0 bridgehead atoms. The van der Waals surface area contributed by atoms with Gasteiger partial charge in [0.1, 0.15) is 11.4 Å². The second-order valence-corrected chi connectivity index (χ2v) is 4.57. The number of hydrogen-bond donors (Lipinski definition) is 2. The van der Waals surface area contributed by atoms with E-state index in [9.17, 15) is 4.79 Å². The van der Waals surface area contributed by atoms with Gasteiger partial charge < -0.3 is 15.4 Å². The first kappa shape index (κ1) is 13.3. The molecule has 2 N–H and O–H groups in total. The van der Waals surface area contributed by atoms with Crippen LogP contribution < -0.4 is 10.6 Å². The molecule has 0 aliphatic heterocycles. The minimum atomic E-state index is -0.460. The summed E-state index contributed by atoms with van der Waals surface area (Å²) >= 11 is 0. The van der Waals surface area contributed by atoms with Crippen molar-refractivity contribution in [3.05, 3.63) is 24.4 Å². The summed E-state index contributed by atoms with van der Waals surface area (Å²) in [6, 6.07) is 5.62. The third kappa shape index (κ3) is 6.40. The standard InChI is InChI=1S/C12H19N3O2/c1-12(2,3)17-11(16)15-9-8-14-10-6-4-5-7-13-10/h4-7H,8-9H2,1-3H3,(H,13,14)(H,15,16). The first-order valence-corrected chi connectivity index (χ1v) is 5.59. The fourth-order valence-electron chi connectivity index (χ4n) is 1.14. The van der Waals surface area contributed by atoms with E-state index in [1.807, 2.05) is 39.0 Å². The first-order valence-electron chi connectivity index (χ1n) is 5.59. The lowest BCUT2D eigenvalue weighted by Gasteiger charge is -2.19. The summed E-state index contributed by atoms with van der Waals surface area (Å²) < 4.78 is 5.10. The van der Waals surface area contributed by atoms with Crippen LogP contribution >= 0.6 is 0 Å². The monoisotopic (exact) mass is 237 g/mol. The third-order valence-electron chi connectivity index (χ3n) is 1.76. The van der Waals surface area contributed by atoms with Gasteiger partial charge in [0, 0.05) is 19.3 Å². The normalized spacial score (nSPS) is 10.8. The van der Waals surface area contributed by atoms with Gasteiger partial charge >= 0.3 is 6.09 Å². The van der Waals surface area contributed by atoms with Crippen LogP contribution in [0.25, 0.3) is 0 Å². The molecule has 0 saturated heterocycles. The van der Waals surface area contributed by atoms with Gasteiger partial charge in [-0.1, -0.05) is 6.07 Å². The number of aromatic nitrogens is 1. The van der Waals surface area contributed by atoms with E-state index in [4.69, 9.17) is 4.74 Å². The molecule has 0 fully saturated rings. The van der Waals surface area contributed by atoms with Crippen molar-refractivity contribution in [1.82, 2.24) is 10.3 Å². The number of amides is 1. The molecular weight excluding hydrogens is 218 g/mol. The maximum atomic E-state index is 11.3. The quantitative estimate of drug-likeness (QED) is 0.786. The summed E-state index contributed by atoms with van der Waals surface area (Å²) in [5.74, 6) is 0.790. The molecular formula is C12H19N3O2. The van der Waals surface area contributed by atoms with Crippen LogP contribution in [0.15, 0.2) is 24.4 Å². The van der Waals surface area contributed by atoms with Crippen LogP contribution in [0.1, 0.15) is 20.8 Å². The Morgan fingerprint density at radius 2 is 2.12 bits per heavy atom. The average molecular weight is 237 g/mol. The Kier molecular flexibility index (Phi) is 4.75. The van der Waals surface area contributed by atoms with Crippen molar-refractivity contribution >= 4 is 11.9 Å². The number of nitrogens with one attached hydrogen (secondary N) is 2. The van der Waals surface area contributed by atoms with E-state index in [1.54, 1.807) is 6.20 Å². The van der Waals surface area contributed by atoms with Gasteiger partial charge in [0.05, 0.1) is 0 Å². The second kappa shape index (κ2) is 6.08. The van der Waals surface area contributed by atoms with Crippen molar-refractivity contribution in [2.45, 2.75) is 26.4 Å². The van der Waals surface area contributed by atoms with Crippen LogP contribution in [-0.2, 0) is 4.74 Å². The van der Waals surface area contributed by atoms with Crippen molar-refractivity contribution < 1.29 is 9.53 Å². The van der Waals surface area contributed by atoms with Crippen LogP contribution in [0, 0.1) is 0 Å². The van der Waals surface area contributed by atoms with Crippen LogP contribution in [0.3, 0.4) is 0 Å². The van der Waals surface area contributed by atoms with E-state index in [0.717, 1.165) is 5.82 Å². The zero-order valence-electron chi connectivity index (χ0n) is 10.5. The molecule has 5 nitrogen and oxygen atoms in total. The number of rotatable bonds is 4. The number of hydrogen-bond acceptors (Lipinski definition) is 4. The number of nitrogens with zero attached hydrogens (tertiary/aromatic N) is 1. The topological polar surface area (TPSA) is 63.2 Å². The Balaban J connectivity index is 2.14. The molecule has 1 aromatic heterocycles. The van der Waals surface area contributed by atoms with Crippen LogP contribution in [-0.4, -0.2) is 29.8 Å². The van der Waals surface area contributed by atoms with Gasteiger partial charge in [-0.05, 0) is 32.9 Å². The smallest absolute Gasteiger partial charge is 0.407 e. The summed E-state index contributed by atoms with van der Waals surface area (Å²) in [5.41, 5.74) is -0.460. The number of carbonyl (C=O) groups is 1.